The normalized spacial score (nSPS) is 11.4. The lowest BCUT2D eigenvalue weighted by molar-refractivity contribution is 0.116. The summed E-state index contributed by atoms with van der Waals surface area (Å²) in [7, 11) is 0. The number of nitrogens with two attached hydrogens (primary N) is 1. The molecule has 1 rings (SSSR count). The Labute approximate surface area is 78.1 Å². The van der Waals surface area contributed by atoms with Gasteiger partial charge in [-0.15, -0.1) is 0 Å². The Bertz CT molecular complexity index is 280. The maximum atomic E-state index is 5.47. The highest BCUT2D eigenvalue weighted by Gasteiger charge is 2.13. The molecule has 0 spiro atoms. The first-order chi connectivity index (χ1) is 6.01. The molecule has 4 nitrogen and oxygen atoms in total. The minimum absolute atomic E-state index is 0.271. The molecular weight excluding hydrogens is 166 g/mol. The summed E-state index contributed by atoms with van der Waals surface area (Å²) in [6.45, 7) is 6.26. The Kier molecular flexibility index (Phi) is 2.83. The molecule has 0 saturated carbocycles. The van der Waals surface area contributed by atoms with E-state index in [0.29, 0.717) is 12.6 Å². The zero-order valence-corrected chi connectivity index (χ0v) is 8.24. The molecule has 13 heavy (non-hydrogen) atoms. The van der Waals surface area contributed by atoms with E-state index >= 15 is 0 Å². The first-order valence-corrected chi connectivity index (χ1v) is 4.22. The monoisotopic (exact) mass is 181 g/mol. The van der Waals surface area contributed by atoms with Crippen LogP contribution in [0.15, 0.2) is 12.3 Å². The van der Waals surface area contributed by atoms with Crippen molar-refractivity contribution in [2.75, 3.05) is 0 Å². The van der Waals surface area contributed by atoms with E-state index in [1.807, 2.05) is 20.8 Å². The quantitative estimate of drug-likeness (QED) is 0.742. The smallest absolute Gasteiger partial charge is 0.317 e. The Morgan fingerprint density at radius 1 is 1.46 bits per heavy atom. The SMILES string of the molecule is CC(C)(C)Oc1nccc(CN)n1. The average Bonchev–Trinajstić information content (AvgIpc) is 2.01. The molecule has 1 aromatic heterocycles. The molecule has 0 bridgehead atoms. The van der Waals surface area contributed by atoms with E-state index < -0.39 is 0 Å². The van der Waals surface area contributed by atoms with E-state index in [4.69, 9.17) is 10.5 Å². The highest BCUT2D eigenvalue weighted by Crippen LogP contribution is 2.12. The molecule has 2 N–H and O–H groups in total. The van der Waals surface area contributed by atoms with Gasteiger partial charge in [-0.2, -0.15) is 4.98 Å². The molecule has 0 saturated heterocycles. The van der Waals surface area contributed by atoms with Crippen LogP contribution in [0.4, 0.5) is 0 Å². The van der Waals surface area contributed by atoms with Gasteiger partial charge in [0.15, 0.2) is 0 Å². The highest BCUT2D eigenvalue weighted by molar-refractivity contribution is 5.05. The van der Waals surface area contributed by atoms with Crippen LogP contribution in [0.25, 0.3) is 0 Å². The Morgan fingerprint density at radius 3 is 2.69 bits per heavy atom. The lowest BCUT2D eigenvalue weighted by Gasteiger charge is -2.19. The largest absolute Gasteiger partial charge is 0.458 e. The molecule has 0 fully saturated rings. The van der Waals surface area contributed by atoms with Gasteiger partial charge in [0.1, 0.15) is 5.60 Å². The predicted octanol–water partition coefficient (Wildman–Crippen LogP) is 1.11. The second kappa shape index (κ2) is 3.70. The van der Waals surface area contributed by atoms with Crippen molar-refractivity contribution in [2.24, 2.45) is 5.73 Å². The maximum Gasteiger partial charge on any atom is 0.317 e. The number of aromatic nitrogens is 2. The van der Waals surface area contributed by atoms with Crippen LogP contribution < -0.4 is 10.5 Å². The number of rotatable bonds is 2. The molecule has 0 unspecified atom stereocenters. The van der Waals surface area contributed by atoms with Crippen LogP contribution in [-0.4, -0.2) is 15.6 Å². The molecule has 0 amide bonds. The predicted molar refractivity (Wildman–Crippen MR) is 50.3 cm³/mol. The number of ether oxygens (including phenoxy) is 1. The van der Waals surface area contributed by atoms with Gasteiger partial charge >= 0.3 is 6.01 Å². The van der Waals surface area contributed by atoms with Crippen LogP contribution in [0.3, 0.4) is 0 Å². The molecule has 4 heteroatoms. The van der Waals surface area contributed by atoms with Gasteiger partial charge in [-0.1, -0.05) is 0 Å². The van der Waals surface area contributed by atoms with E-state index in [2.05, 4.69) is 9.97 Å². The summed E-state index contributed by atoms with van der Waals surface area (Å²) in [4.78, 5) is 8.10. The van der Waals surface area contributed by atoms with Gasteiger partial charge in [-0.05, 0) is 26.8 Å². The van der Waals surface area contributed by atoms with Gasteiger partial charge < -0.3 is 10.5 Å². The van der Waals surface area contributed by atoms with Crippen LogP contribution in [0.5, 0.6) is 6.01 Å². The van der Waals surface area contributed by atoms with Crippen molar-refractivity contribution in [1.29, 1.82) is 0 Å². The zero-order chi connectivity index (χ0) is 9.90. The lowest BCUT2D eigenvalue weighted by Crippen LogP contribution is -2.24. The molecule has 0 aliphatic carbocycles. The van der Waals surface area contributed by atoms with E-state index in [1.54, 1.807) is 12.3 Å². The van der Waals surface area contributed by atoms with Crippen molar-refractivity contribution in [3.63, 3.8) is 0 Å². The average molecular weight is 181 g/mol. The fourth-order valence-corrected chi connectivity index (χ4v) is 0.813. The summed E-state index contributed by atoms with van der Waals surface area (Å²) in [6.07, 6.45) is 1.65. The molecule has 0 aromatic carbocycles. The van der Waals surface area contributed by atoms with E-state index in [-0.39, 0.29) is 5.60 Å². The highest BCUT2D eigenvalue weighted by atomic mass is 16.5. The van der Waals surface area contributed by atoms with Crippen LogP contribution in [0.1, 0.15) is 26.5 Å². The van der Waals surface area contributed by atoms with Crippen molar-refractivity contribution in [3.05, 3.63) is 18.0 Å². The summed E-state index contributed by atoms with van der Waals surface area (Å²) in [6, 6.07) is 2.16. The first-order valence-electron chi connectivity index (χ1n) is 4.22. The molecule has 1 aromatic rings. The van der Waals surface area contributed by atoms with E-state index in [0.717, 1.165) is 5.69 Å². The topological polar surface area (TPSA) is 61.0 Å². The Hall–Kier alpha value is -1.16. The third kappa shape index (κ3) is 3.38. The summed E-state index contributed by atoms with van der Waals surface area (Å²) >= 11 is 0. The van der Waals surface area contributed by atoms with E-state index in [9.17, 15) is 0 Å². The van der Waals surface area contributed by atoms with Crippen molar-refractivity contribution in [2.45, 2.75) is 32.9 Å². The summed E-state index contributed by atoms with van der Waals surface area (Å²) in [5, 5.41) is 0. The van der Waals surface area contributed by atoms with Crippen molar-refractivity contribution >= 4 is 0 Å². The number of hydrogen-bond donors (Lipinski definition) is 1. The minimum Gasteiger partial charge on any atom is -0.458 e. The van der Waals surface area contributed by atoms with Crippen molar-refractivity contribution in [1.82, 2.24) is 9.97 Å². The lowest BCUT2D eigenvalue weighted by atomic mass is 10.2. The molecule has 0 aliphatic heterocycles. The van der Waals surface area contributed by atoms with E-state index in [1.165, 1.54) is 0 Å². The molecular formula is C9H15N3O. The Morgan fingerprint density at radius 2 is 2.15 bits per heavy atom. The molecule has 0 radical (unpaired) electrons. The summed E-state index contributed by atoms with van der Waals surface area (Å²) in [5.41, 5.74) is 5.95. The molecule has 0 aliphatic rings. The third-order valence-electron chi connectivity index (χ3n) is 1.30. The van der Waals surface area contributed by atoms with Crippen LogP contribution >= 0.6 is 0 Å². The summed E-state index contributed by atoms with van der Waals surface area (Å²) < 4.78 is 5.47. The molecule has 1 heterocycles. The number of nitrogens with zero attached hydrogens (tertiary/aromatic N) is 2. The molecule has 0 atom stereocenters. The van der Waals surface area contributed by atoms with Gasteiger partial charge in [0.2, 0.25) is 0 Å². The van der Waals surface area contributed by atoms with Gasteiger partial charge in [0.25, 0.3) is 0 Å². The Balaban J connectivity index is 2.78. The van der Waals surface area contributed by atoms with Crippen LogP contribution in [-0.2, 0) is 6.54 Å². The number of hydrogen-bond acceptors (Lipinski definition) is 4. The maximum absolute atomic E-state index is 5.47. The summed E-state index contributed by atoms with van der Waals surface area (Å²) in [5.74, 6) is 0. The first kappa shape index (κ1) is 9.92. The fourth-order valence-electron chi connectivity index (χ4n) is 0.813. The minimum atomic E-state index is -0.271. The second-order valence-electron chi connectivity index (χ2n) is 3.75. The van der Waals surface area contributed by atoms with Gasteiger partial charge in [-0.25, -0.2) is 4.98 Å². The molecule has 72 valence electrons. The standard InChI is InChI=1S/C9H15N3O/c1-9(2,3)13-8-11-5-4-7(6-10)12-8/h4-5H,6,10H2,1-3H3. The second-order valence-corrected chi connectivity index (χ2v) is 3.75. The van der Waals surface area contributed by atoms with Gasteiger partial charge in [0, 0.05) is 12.7 Å². The third-order valence-corrected chi connectivity index (χ3v) is 1.30. The van der Waals surface area contributed by atoms with Gasteiger partial charge in [-0.3, -0.25) is 0 Å². The van der Waals surface area contributed by atoms with Crippen molar-refractivity contribution in [3.8, 4) is 6.01 Å². The fraction of sp³-hybridized carbons (Fsp3) is 0.556. The van der Waals surface area contributed by atoms with Crippen LogP contribution in [0, 0.1) is 0 Å². The zero-order valence-electron chi connectivity index (χ0n) is 8.24. The van der Waals surface area contributed by atoms with Crippen LogP contribution in [0.2, 0.25) is 0 Å². The van der Waals surface area contributed by atoms with Gasteiger partial charge in [0.05, 0.1) is 5.69 Å². The van der Waals surface area contributed by atoms with Crippen molar-refractivity contribution < 1.29 is 4.74 Å².